The molecule has 2 aliphatic heterocycles. The summed E-state index contributed by atoms with van der Waals surface area (Å²) in [5.74, 6) is 2.29. The van der Waals surface area contributed by atoms with Gasteiger partial charge in [-0.3, -0.25) is 9.89 Å². The van der Waals surface area contributed by atoms with Crippen molar-refractivity contribution in [2.24, 2.45) is 16.8 Å². The average Bonchev–Trinajstić information content (AvgIpc) is 3.28. The van der Waals surface area contributed by atoms with Crippen LogP contribution in [-0.2, 0) is 13.0 Å². The average molecular weight is 437 g/mol. The van der Waals surface area contributed by atoms with E-state index in [1.807, 2.05) is 6.07 Å². The molecular formula is C29H32N4. The molecule has 0 saturated carbocycles. The van der Waals surface area contributed by atoms with E-state index in [-0.39, 0.29) is 6.04 Å². The Bertz CT molecular complexity index is 1240. The van der Waals surface area contributed by atoms with Gasteiger partial charge in [0.15, 0.2) is 0 Å². The van der Waals surface area contributed by atoms with Crippen molar-refractivity contribution in [1.82, 2.24) is 10.2 Å². The predicted octanol–water partition coefficient (Wildman–Crippen LogP) is 5.45. The Labute approximate surface area is 197 Å². The van der Waals surface area contributed by atoms with Crippen molar-refractivity contribution in [1.29, 1.82) is 5.26 Å². The van der Waals surface area contributed by atoms with E-state index in [9.17, 15) is 5.26 Å². The molecule has 1 unspecified atom stereocenters. The number of fused-ring (bicyclic) bond motifs is 1. The quantitative estimate of drug-likeness (QED) is 0.559. The third-order valence-electron chi connectivity index (χ3n) is 6.83. The van der Waals surface area contributed by atoms with Gasteiger partial charge in [-0.25, -0.2) is 0 Å². The van der Waals surface area contributed by atoms with Gasteiger partial charge in [0.2, 0.25) is 0 Å². The molecule has 0 aliphatic carbocycles. The standard InChI is InChI=1S/C29H32N4/c1-19(2)12-21-8-9-22(13-24(21)14-30)28-15-31-29(32-28)27-11-10-23(18-33-16-20(3)17-33)25-6-4-5-7-26(25)27/h4-11,13,19-20,28H,12,15-18H2,1-3H3,(H,31,32). The van der Waals surface area contributed by atoms with Crippen molar-refractivity contribution >= 4 is 16.6 Å². The van der Waals surface area contributed by atoms with Crippen LogP contribution in [-0.4, -0.2) is 30.4 Å². The number of likely N-dealkylation sites (tertiary alicyclic amines) is 1. The van der Waals surface area contributed by atoms with Crippen LogP contribution in [0.2, 0.25) is 0 Å². The van der Waals surface area contributed by atoms with Crippen LogP contribution in [0.15, 0.2) is 59.6 Å². The van der Waals surface area contributed by atoms with E-state index in [4.69, 9.17) is 4.99 Å². The number of aliphatic imine (C=N–C) groups is 1. The van der Waals surface area contributed by atoms with Crippen molar-refractivity contribution in [2.75, 3.05) is 19.6 Å². The van der Waals surface area contributed by atoms with E-state index >= 15 is 0 Å². The molecule has 2 aliphatic rings. The molecule has 2 heterocycles. The van der Waals surface area contributed by atoms with Crippen LogP contribution in [0.3, 0.4) is 0 Å². The van der Waals surface area contributed by atoms with Crippen LogP contribution in [0, 0.1) is 23.2 Å². The van der Waals surface area contributed by atoms with Gasteiger partial charge in [0.25, 0.3) is 0 Å². The highest BCUT2D eigenvalue weighted by Crippen LogP contribution is 2.29. The maximum Gasteiger partial charge on any atom is 0.129 e. The molecule has 3 aromatic rings. The van der Waals surface area contributed by atoms with Gasteiger partial charge in [0, 0.05) is 25.2 Å². The van der Waals surface area contributed by atoms with Gasteiger partial charge in [-0.1, -0.05) is 69.3 Å². The molecule has 4 nitrogen and oxygen atoms in total. The first kappa shape index (κ1) is 21.7. The Kier molecular flexibility index (Phi) is 5.91. The Morgan fingerprint density at radius 3 is 2.55 bits per heavy atom. The second kappa shape index (κ2) is 9.00. The van der Waals surface area contributed by atoms with Gasteiger partial charge >= 0.3 is 0 Å². The molecule has 1 atom stereocenters. The Morgan fingerprint density at radius 1 is 1.06 bits per heavy atom. The summed E-state index contributed by atoms with van der Waals surface area (Å²) in [7, 11) is 0. The largest absolute Gasteiger partial charge is 0.361 e. The molecule has 3 aromatic carbocycles. The monoisotopic (exact) mass is 436 g/mol. The summed E-state index contributed by atoms with van der Waals surface area (Å²) >= 11 is 0. The maximum absolute atomic E-state index is 9.67. The molecule has 0 spiro atoms. The Hall–Kier alpha value is -3.16. The summed E-state index contributed by atoms with van der Waals surface area (Å²) in [4.78, 5) is 7.40. The first-order valence-corrected chi connectivity index (χ1v) is 12.1. The zero-order valence-corrected chi connectivity index (χ0v) is 19.8. The summed E-state index contributed by atoms with van der Waals surface area (Å²) in [6.07, 6.45) is 0.928. The van der Waals surface area contributed by atoms with Gasteiger partial charge in [-0.05, 0) is 51.8 Å². The van der Waals surface area contributed by atoms with Crippen molar-refractivity contribution in [3.05, 3.63) is 82.4 Å². The number of nitrogens with zero attached hydrogens (tertiary/aromatic N) is 3. The van der Waals surface area contributed by atoms with Gasteiger partial charge in [0.05, 0.1) is 24.2 Å². The number of nitriles is 1. The van der Waals surface area contributed by atoms with E-state index in [1.54, 1.807) is 0 Å². The molecular weight excluding hydrogens is 404 g/mol. The topological polar surface area (TPSA) is 51.4 Å². The Balaban J connectivity index is 1.38. The fourth-order valence-electron chi connectivity index (χ4n) is 5.23. The first-order valence-electron chi connectivity index (χ1n) is 12.1. The SMILES string of the molecule is CC(C)Cc1ccc(C2CN=C(c3ccc(CN4CC(C)C4)c4ccccc34)N2)cc1C#N. The predicted molar refractivity (Wildman–Crippen MR) is 135 cm³/mol. The maximum atomic E-state index is 9.67. The number of hydrogen-bond donors (Lipinski definition) is 1. The zero-order valence-electron chi connectivity index (χ0n) is 19.8. The normalized spacial score (nSPS) is 18.8. The molecule has 0 aromatic heterocycles. The fourth-order valence-corrected chi connectivity index (χ4v) is 5.23. The van der Waals surface area contributed by atoms with Crippen molar-refractivity contribution in [3.8, 4) is 6.07 Å². The van der Waals surface area contributed by atoms with E-state index < -0.39 is 0 Å². The highest BCUT2D eigenvalue weighted by molar-refractivity contribution is 6.11. The van der Waals surface area contributed by atoms with Gasteiger partial charge < -0.3 is 5.32 Å². The fraction of sp³-hybridized carbons (Fsp3) is 0.379. The summed E-state index contributed by atoms with van der Waals surface area (Å²) in [5, 5.41) is 15.9. The van der Waals surface area contributed by atoms with Crippen LogP contribution in [0.5, 0.6) is 0 Å². The van der Waals surface area contributed by atoms with Crippen LogP contribution in [0.4, 0.5) is 0 Å². The summed E-state index contributed by atoms with van der Waals surface area (Å²) in [5.41, 5.74) is 5.59. The lowest BCUT2D eigenvalue weighted by atomic mass is 9.94. The lowest BCUT2D eigenvalue weighted by Crippen LogP contribution is -2.44. The minimum atomic E-state index is 0.0983. The zero-order chi connectivity index (χ0) is 22.9. The molecule has 0 radical (unpaired) electrons. The summed E-state index contributed by atoms with van der Waals surface area (Å²) in [6, 6.07) is 22.0. The molecule has 33 heavy (non-hydrogen) atoms. The summed E-state index contributed by atoms with van der Waals surface area (Å²) in [6.45, 7) is 10.8. The summed E-state index contributed by atoms with van der Waals surface area (Å²) < 4.78 is 0. The minimum Gasteiger partial charge on any atom is -0.361 e. The lowest BCUT2D eigenvalue weighted by molar-refractivity contribution is 0.105. The van der Waals surface area contributed by atoms with E-state index in [0.717, 1.165) is 47.0 Å². The third kappa shape index (κ3) is 4.38. The van der Waals surface area contributed by atoms with Crippen molar-refractivity contribution in [3.63, 3.8) is 0 Å². The van der Waals surface area contributed by atoms with Gasteiger partial charge in [-0.15, -0.1) is 0 Å². The molecule has 1 N–H and O–H groups in total. The number of amidine groups is 1. The highest BCUT2D eigenvalue weighted by atomic mass is 15.2. The number of rotatable bonds is 6. The smallest absolute Gasteiger partial charge is 0.129 e. The second-order valence-corrected chi connectivity index (χ2v) is 10.1. The van der Waals surface area contributed by atoms with Crippen LogP contribution in [0.25, 0.3) is 10.8 Å². The van der Waals surface area contributed by atoms with Crippen LogP contribution in [0.1, 0.15) is 54.6 Å². The van der Waals surface area contributed by atoms with E-state index in [1.165, 1.54) is 29.4 Å². The number of nitrogens with one attached hydrogen (secondary N) is 1. The van der Waals surface area contributed by atoms with Gasteiger partial charge in [0.1, 0.15) is 5.84 Å². The van der Waals surface area contributed by atoms with Crippen molar-refractivity contribution in [2.45, 2.75) is 39.8 Å². The van der Waals surface area contributed by atoms with E-state index in [0.29, 0.717) is 12.5 Å². The molecule has 0 bridgehead atoms. The van der Waals surface area contributed by atoms with Gasteiger partial charge in [-0.2, -0.15) is 5.26 Å². The number of benzene rings is 3. The molecule has 168 valence electrons. The van der Waals surface area contributed by atoms with Crippen molar-refractivity contribution < 1.29 is 0 Å². The highest BCUT2D eigenvalue weighted by Gasteiger charge is 2.25. The number of hydrogen-bond acceptors (Lipinski definition) is 4. The molecule has 1 fully saturated rings. The lowest BCUT2D eigenvalue weighted by Gasteiger charge is -2.37. The molecule has 4 heteroatoms. The molecule has 1 saturated heterocycles. The van der Waals surface area contributed by atoms with E-state index in [2.05, 4.69) is 85.6 Å². The third-order valence-corrected chi connectivity index (χ3v) is 6.83. The second-order valence-electron chi connectivity index (χ2n) is 10.1. The van der Waals surface area contributed by atoms with Crippen LogP contribution < -0.4 is 5.32 Å². The Morgan fingerprint density at radius 2 is 1.82 bits per heavy atom. The molecule has 0 amide bonds. The minimum absolute atomic E-state index is 0.0983. The first-order chi connectivity index (χ1) is 16.0. The molecule has 5 rings (SSSR count). The van der Waals surface area contributed by atoms with Crippen LogP contribution >= 0.6 is 0 Å².